The van der Waals surface area contributed by atoms with Gasteiger partial charge in [0.25, 0.3) is 0 Å². The van der Waals surface area contributed by atoms with Gasteiger partial charge in [-0.1, -0.05) is 0 Å². The van der Waals surface area contributed by atoms with Crippen LogP contribution in [0.1, 0.15) is 13.8 Å². The Bertz CT molecular complexity index is 151. The first-order chi connectivity index (χ1) is 5.02. The third kappa shape index (κ3) is 6.63. The maximum Gasteiger partial charge on any atom is 0.509 e. The van der Waals surface area contributed by atoms with Crippen LogP contribution in [-0.4, -0.2) is 29.9 Å². The molecule has 0 fully saturated rings. The summed E-state index contributed by atoms with van der Waals surface area (Å²) >= 11 is 0. The number of carboxylic acid groups (broad SMARTS) is 1. The first-order valence-electron chi connectivity index (χ1n) is 3.07. The van der Waals surface area contributed by atoms with E-state index in [1.54, 1.807) is 13.8 Å². The number of ether oxygens (including phenoxy) is 2. The van der Waals surface area contributed by atoms with Gasteiger partial charge < -0.3 is 14.6 Å². The molecular weight excluding hydrogens is 152 g/mol. The molecule has 0 aliphatic heterocycles. The molecule has 0 bridgehead atoms. The average molecular weight is 162 g/mol. The lowest BCUT2D eigenvalue weighted by molar-refractivity contribution is -0.141. The number of hydrogen-bond acceptors (Lipinski definition) is 4. The van der Waals surface area contributed by atoms with Crippen molar-refractivity contribution < 1.29 is 24.2 Å². The van der Waals surface area contributed by atoms with Crippen molar-refractivity contribution in [2.45, 2.75) is 20.0 Å². The summed E-state index contributed by atoms with van der Waals surface area (Å²) in [5, 5.41) is 8.06. The number of aliphatic carboxylic acids is 1. The molecule has 1 N–H and O–H groups in total. The Hall–Kier alpha value is -1.26. The highest BCUT2D eigenvalue weighted by molar-refractivity contribution is 5.71. The molecule has 0 heterocycles. The van der Waals surface area contributed by atoms with E-state index >= 15 is 0 Å². The average Bonchev–Trinajstić information content (AvgIpc) is 1.82. The number of carbonyl (C=O) groups is 2. The lowest BCUT2D eigenvalue weighted by Gasteiger charge is -2.06. The van der Waals surface area contributed by atoms with Gasteiger partial charge >= 0.3 is 12.1 Å². The van der Waals surface area contributed by atoms with Gasteiger partial charge in [0.05, 0.1) is 6.10 Å². The summed E-state index contributed by atoms with van der Waals surface area (Å²) in [6, 6.07) is 0. The van der Waals surface area contributed by atoms with E-state index in [0.29, 0.717) is 0 Å². The Labute approximate surface area is 63.9 Å². The van der Waals surface area contributed by atoms with Crippen molar-refractivity contribution in [3.05, 3.63) is 0 Å². The minimum atomic E-state index is -1.20. The van der Waals surface area contributed by atoms with E-state index in [0.717, 1.165) is 0 Å². The third-order valence-corrected chi connectivity index (χ3v) is 0.645. The van der Waals surface area contributed by atoms with Crippen LogP contribution in [0.2, 0.25) is 0 Å². The summed E-state index contributed by atoms with van der Waals surface area (Å²) < 4.78 is 8.63. The van der Waals surface area contributed by atoms with Crippen LogP contribution >= 0.6 is 0 Å². The first kappa shape index (κ1) is 9.74. The lowest BCUT2D eigenvalue weighted by atomic mass is 10.5. The van der Waals surface area contributed by atoms with E-state index in [4.69, 9.17) is 5.11 Å². The van der Waals surface area contributed by atoms with Gasteiger partial charge in [0, 0.05) is 0 Å². The van der Waals surface area contributed by atoms with Crippen LogP contribution in [0.5, 0.6) is 0 Å². The van der Waals surface area contributed by atoms with Gasteiger partial charge in [0.15, 0.2) is 6.61 Å². The van der Waals surface area contributed by atoms with Crippen LogP contribution in [0.4, 0.5) is 4.79 Å². The van der Waals surface area contributed by atoms with E-state index < -0.39 is 18.7 Å². The predicted molar refractivity (Wildman–Crippen MR) is 35.2 cm³/mol. The van der Waals surface area contributed by atoms with Crippen molar-refractivity contribution in [1.29, 1.82) is 0 Å². The zero-order chi connectivity index (χ0) is 8.85. The largest absolute Gasteiger partial charge is 0.509 e. The van der Waals surface area contributed by atoms with Gasteiger partial charge in [-0.05, 0) is 13.8 Å². The Balaban J connectivity index is 3.45. The van der Waals surface area contributed by atoms with Crippen molar-refractivity contribution in [3.8, 4) is 0 Å². The third-order valence-electron chi connectivity index (χ3n) is 0.645. The van der Waals surface area contributed by atoms with Gasteiger partial charge in [-0.3, -0.25) is 0 Å². The number of carboxylic acids is 1. The maximum absolute atomic E-state index is 10.5. The SMILES string of the molecule is CC(C)OC(=O)OCC(=O)O. The Morgan fingerprint density at radius 1 is 1.45 bits per heavy atom. The first-order valence-corrected chi connectivity index (χ1v) is 3.07. The second-order valence-electron chi connectivity index (χ2n) is 2.10. The molecule has 0 saturated heterocycles. The molecule has 0 amide bonds. The summed E-state index contributed by atoms with van der Waals surface area (Å²) in [5.74, 6) is -1.20. The van der Waals surface area contributed by atoms with Crippen LogP contribution in [-0.2, 0) is 14.3 Å². The van der Waals surface area contributed by atoms with Crippen molar-refractivity contribution in [2.24, 2.45) is 0 Å². The molecule has 0 aliphatic rings. The molecule has 0 atom stereocenters. The summed E-state index contributed by atoms with van der Waals surface area (Å²) in [6.45, 7) is 2.62. The van der Waals surface area contributed by atoms with Gasteiger partial charge in [0.2, 0.25) is 0 Å². The van der Waals surface area contributed by atoms with Gasteiger partial charge in [-0.2, -0.15) is 0 Å². The van der Waals surface area contributed by atoms with Crippen LogP contribution in [0.15, 0.2) is 0 Å². The van der Waals surface area contributed by atoms with Crippen LogP contribution < -0.4 is 0 Å². The Morgan fingerprint density at radius 3 is 2.36 bits per heavy atom. The van der Waals surface area contributed by atoms with Crippen LogP contribution in [0.25, 0.3) is 0 Å². The fourth-order valence-corrected chi connectivity index (χ4v) is 0.347. The molecule has 0 aromatic carbocycles. The highest BCUT2D eigenvalue weighted by Gasteiger charge is 2.07. The molecule has 0 aliphatic carbocycles. The van der Waals surface area contributed by atoms with Crippen LogP contribution in [0.3, 0.4) is 0 Å². The number of rotatable bonds is 3. The summed E-state index contributed by atoms with van der Waals surface area (Å²) in [7, 11) is 0. The molecule has 11 heavy (non-hydrogen) atoms. The fourth-order valence-electron chi connectivity index (χ4n) is 0.347. The lowest BCUT2D eigenvalue weighted by Crippen LogP contribution is -2.17. The van der Waals surface area contributed by atoms with E-state index in [-0.39, 0.29) is 6.10 Å². The Kier molecular flexibility index (Phi) is 4.02. The number of carbonyl (C=O) groups excluding carboxylic acids is 1. The normalized spacial score (nSPS) is 9.36. The maximum atomic E-state index is 10.5. The predicted octanol–water partition coefficient (Wildman–Crippen LogP) is 0.633. The molecule has 0 aromatic rings. The molecule has 0 radical (unpaired) electrons. The van der Waals surface area contributed by atoms with Gasteiger partial charge in [-0.15, -0.1) is 0 Å². The minimum Gasteiger partial charge on any atom is -0.479 e. The molecule has 64 valence electrons. The molecule has 0 spiro atoms. The van der Waals surface area contributed by atoms with Crippen molar-refractivity contribution in [3.63, 3.8) is 0 Å². The molecule has 0 rings (SSSR count). The van der Waals surface area contributed by atoms with Gasteiger partial charge in [-0.25, -0.2) is 9.59 Å². The number of hydrogen-bond donors (Lipinski definition) is 1. The second-order valence-corrected chi connectivity index (χ2v) is 2.10. The summed E-state index contributed by atoms with van der Waals surface area (Å²) in [6.07, 6.45) is -1.25. The fraction of sp³-hybridized carbons (Fsp3) is 0.667. The highest BCUT2D eigenvalue weighted by atomic mass is 16.7. The summed E-state index contributed by atoms with van der Waals surface area (Å²) in [5.41, 5.74) is 0. The van der Waals surface area contributed by atoms with Crippen molar-refractivity contribution in [1.82, 2.24) is 0 Å². The Morgan fingerprint density at radius 2 is 2.00 bits per heavy atom. The van der Waals surface area contributed by atoms with E-state index in [1.807, 2.05) is 0 Å². The smallest absolute Gasteiger partial charge is 0.479 e. The quantitative estimate of drug-likeness (QED) is 0.616. The molecule has 0 unspecified atom stereocenters. The second kappa shape index (κ2) is 4.54. The zero-order valence-electron chi connectivity index (χ0n) is 6.36. The minimum absolute atomic E-state index is 0.295. The molecular formula is C6H10O5. The van der Waals surface area contributed by atoms with E-state index in [9.17, 15) is 9.59 Å². The van der Waals surface area contributed by atoms with Gasteiger partial charge in [0.1, 0.15) is 0 Å². The van der Waals surface area contributed by atoms with Crippen molar-refractivity contribution in [2.75, 3.05) is 6.61 Å². The van der Waals surface area contributed by atoms with Crippen molar-refractivity contribution >= 4 is 12.1 Å². The highest BCUT2D eigenvalue weighted by Crippen LogP contribution is 1.91. The zero-order valence-corrected chi connectivity index (χ0v) is 6.36. The molecule has 5 heteroatoms. The molecule has 5 nitrogen and oxygen atoms in total. The molecule has 0 saturated carbocycles. The van der Waals surface area contributed by atoms with E-state index in [1.165, 1.54) is 0 Å². The van der Waals surface area contributed by atoms with Crippen LogP contribution in [0, 0.1) is 0 Å². The standard InChI is InChI=1S/C6H10O5/c1-4(2)11-6(9)10-3-5(7)8/h4H,3H2,1-2H3,(H,7,8). The summed E-state index contributed by atoms with van der Waals surface area (Å²) in [4.78, 5) is 20.3. The monoisotopic (exact) mass is 162 g/mol. The molecule has 0 aromatic heterocycles. The van der Waals surface area contributed by atoms with E-state index in [2.05, 4.69) is 9.47 Å². The topological polar surface area (TPSA) is 72.8 Å².